The minimum Gasteiger partial charge on any atom is -0.328 e. The van der Waals surface area contributed by atoms with Crippen molar-refractivity contribution in [1.29, 1.82) is 0 Å². The van der Waals surface area contributed by atoms with Gasteiger partial charge in [0.05, 0.1) is 31.1 Å². The van der Waals surface area contributed by atoms with Gasteiger partial charge in [-0.05, 0) is 18.2 Å². The monoisotopic (exact) mass is 344 g/mol. The molecule has 3 rings (SSSR count). The molecule has 130 valence electrons. The highest BCUT2D eigenvalue weighted by molar-refractivity contribution is 5.94. The Balaban J connectivity index is 1.57. The van der Waals surface area contributed by atoms with E-state index in [1.54, 1.807) is 17.0 Å². The van der Waals surface area contributed by atoms with Crippen LogP contribution in [-0.4, -0.2) is 41.9 Å². The van der Waals surface area contributed by atoms with E-state index in [-0.39, 0.29) is 17.4 Å². The third kappa shape index (κ3) is 4.00. The van der Waals surface area contributed by atoms with Gasteiger partial charge in [0, 0.05) is 23.3 Å². The summed E-state index contributed by atoms with van der Waals surface area (Å²) in [5, 5.41) is 10.7. The maximum absolute atomic E-state index is 13.7. The van der Waals surface area contributed by atoms with Crippen molar-refractivity contribution in [3.8, 4) is 0 Å². The number of carbonyl (C=O) groups is 1. The van der Waals surface area contributed by atoms with E-state index < -0.39 is 4.92 Å². The molecule has 2 aromatic carbocycles. The molecule has 0 bridgehead atoms. The zero-order valence-electron chi connectivity index (χ0n) is 13.7. The van der Waals surface area contributed by atoms with Gasteiger partial charge < -0.3 is 9.80 Å². The molecule has 1 aliphatic heterocycles. The molecule has 0 atom stereocenters. The van der Waals surface area contributed by atoms with E-state index in [2.05, 4.69) is 0 Å². The Morgan fingerprint density at radius 3 is 2.36 bits per heavy atom. The lowest BCUT2D eigenvalue weighted by atomic mass is 10.1. The van der Waals surface area contributed by atoms with E-state index in [0.29, 0.717) is 30.8 Å². The smallest absolute Gasteiger partial charge is 0.269 e. The van der Waals surface area contributed by atoms with Crippen LogP contribution in [0.5, 0.6) is 0 Å². The molecule has 2 aromatic rings. The van der Waals surface area contributed by atoms with Crippen LogP contribution in [0, 0.1) is 15.9 Å². The predicted molar refractivity (Wildman–Crippen MR) is 89.8 cm³/mol. The van der Waals surface area contributed by atoms with Crippen LogP contribution in [0.2, 0.25) is 0 Å². The van der Waals surface area contributed by atoms with E-state index in [0.717, 1.165) is 13.1 Å². The molecular weight excluding hydrogens is 325 g/mol. The maximum Gasteiger partial charge on any atom is 0.269 e. The fourth-order valence-corrected chi connectivity index (χ4v) is 3.02. The second-order valence-electron chi connectivity index (χ2n) is 6.11. The number of benzene rings is 2. The first-order chi connectivity index (χ1) is 12.0. The first-order valence-electron chi connectivity index (χ1n) is 8.15. The molecule has 1 heterocycles. The zero-order valence-corrected chi connectivity index (χ0v) is 13.7. The molecule has 1 amide bonds. The molecule has 7 heteroatoms. The minimum atomic E-state index is -0.487. The fraction of sp³-hybridized carbons (Fsp3) is 0.278. The molecule has 6 nitrogen and oxygen atoms in total. The highest BCUT2D eigenvalue weighted by Crippen LogP contribution is 2.13. The van der Waals surface area contributed by atoms with Gasteiger partial charge in [0.25, 0.3) is 11.6 Å². The Hall–Kier alpha value is -2.80. The highest BCUT2D eigenvalue weighted by atomic mass is 19.1. The summed E-state index contributed by atoms with van der Waals surface area (Å²) in [6.45, 7) is 3.26. The van der Waals surface area contributed by atoms with Gasteiger partial charge in [-0.15, -0.1) is 0 Å². The molecule has 1 saturated heterocycles. The Bertz CT molecular complexity index is 771. The maximum atomic E-state index is 13.7. The Morgan fingerprint density at radius 1 is 1.12 bits per heavy atom. The molecule has 1 aliphatic rings. The van der Waals surface area contributed by atoms with Crippen molar-refractivity contribution in [1.82, 2.24) is 4.90 Å². The van der Waals surface area contributed by atoms with Crippen LogP contribution in [-0.2, 0) is 6.54 Å². The Morgan fingerprint density at radius 2 is 1.76 bits per heavy atom. The van der Waals surface area contributed by atoms with Gasteiger partial charge in [0.15, 0.2) is 0 Å². The molecule has 0 spiro atoms. The van der Waals surface area contributed by atoms with Crippen molar-refractivity contribution in [3.63, 3.8) is 0 Å². The van der Waals surface area contributed by atoms with Crippen LogP contribution in [0.1, 0.15) is 15.9 Å². The van der Waals surface area contributed by atoms with Gasteiger partial charge in [-0.25, -0.2) is 4.39 Å². The first-order valence-corrected chi connectivity index (χ1v) is 8.15. The number of carbonyl (C=O) groups excluding carboxylic acids is 1. The summed E-state index contributed by atoms with van der Waals surface area (Å²) in [4.78, 5) is 25.7. The quantitative estimate of drug-likeness (QED) is 0.671. The second-order valence-corrected chi connectivity index (χ2v) is 6.11. The van der Waals surface area contributed by atoms with E-state index >= 15 is 0 Å². The van der Waals surface area contributed by atoms with E-state index in [4.69, 9.17) is 0 Å². The molecule has 25 heavy (non-hydrogen) atoms. The minimum absolute atomic E-state index is 0.0318. The number of piperazine rings is 1. The van der Waals surface area contributed by atoms with Crippen molar-refractivity contribution in [2.75, 3.05) is 26.2 Å². The molecule has 0 unspecified atom stereocenters. The lowest BCUT2D eigenvalue weighted by molar-refractivity contribution is -0.917. The number of non-ortho nitro benzene ring substituents is 1. The summed E-state index contributed by atoms with van der Waals surface area (Å²) in [7, 11) is 0. The molecule has 0 aliphatic carbocycles. The number of hydrogen-bond donors (Lipinski definition) is 1. The molecule has 1 N–H and O–H groups in total. The van der Waals surface area contributed by atoms with Crippen molar-refractivity contribution in [2.24, 2.45) is 0 Å². The van der Waals surface area contributed by atoms with E-state index in [1.165, 1.54) is 35.2 Å². The van der Waals surface area contributed by atoms with Gasteiger partial charge in [0.2, 0.25) is 0 Å². The number of nitrogens with zero attached hydrogens (tertiary/aromatic N) is 2. The second kappa shape index (κ2) is 7.40. The van der Waals surface area contributed by atoms with Gasteiger partial charge in [0.1, 0.15) is 12.4 Å². The number of nitro groups is 1. The highest BCUT2D eigenvalue weighted by Gasteiger charge is 2.25. The summed E-state index contributed by atoms with van der Waals surface area (Å²) in [6, 6.07) is 12.4. The Labute approximate surface area is 144 Å². The van der Waals surface area contributed by atoms with Gasteiger partial charge in [-0.2, -0.15) is 0 Å². The zero-order chi connectivity index (χ0) is 17.8. The number of nitro benzene ring substituents is 1. The van der Waals surface area contributed by atoms with Gasteiger partial charge in [-0.1, -0.05) is 18.2 Å². The molecular formula is C18H19FN3O3+. The summed E-state index contributed by atoms with van der Waals surface area (Å²) in [5.74, 6) is -0.320. The number of halogens is 1. The topological polar surface area (TPSA) is 67.9 Å². The summed E-state index contributed by atoms with van der Waals surface area (Å²) in [5.41, 5.74) is 1.10. The average Bonchev–Trinajstić information content (AvgIpc) is 2.64. The lowest BCUT2D eigenvalue weighted by Crippen LogP contribution is -3.13. The summed E-state index contributed by atoms with van der Waals surface area (Å²) >= 11 is 0. The number of rotatable bonds is 4. The van der Waals surface area contributed by atoms with Crippen LogP contribution in [0.15, 0.2) is 48.5 Å². The fourth-order valence-electron chi connectivity index (χ4n) is 3.02. The molecule has 0 aromatic heterocycles. The van der Waals surface area contributed by atoms with Crippen LogP contribution in [0.4, 0.5) is 10.1 Å². The lowest BCUT2D eigenvalue weighted by Gasteiger charge is -2.32. The third-order valence-corrected chi connectivity index (χ3v) is 4.48. The predicted octanol–water partition coefficient (Wildman–Crippen LogP) is 1.27. The summed E-state index contributed by atoms with van der Waals surface area (Å²) in [6.07, 6.45) is 0. The number of quaternary nitrogens is 1. The average molecular weight is 344 g/mol. The van der Waals surface area contributed by atoms with Crippen molar-refractivity contribution >= 4 is 11.6 Å². The van der Waals surface area contributed by atoms with Crippen LogP contribution in [0.25, 0.3) is 0 Å². The third-order valence-electron chi connectivity index (χ3n) is 4.48. The largest absolute Gasteiger partial charge is 0.328 e. The number of nitrogens with one attached hydrogen (secondary N) is 1. The van der Waals surface area contributed by atoms with Crippen molar-refractivity contribution in [2.45, 2.75) is 6.54 Å². The van der Waals surface area contributed by atoms with Crippen LogP contribution in [0.3, 0.4) is 0 Å². The summed E-state index contributed by atoms with van der Waals surface area (Å²) < 4.78 is 13.7. The van der Waals surface area contributed by atoms with E-state index in [9.17, 15) is 19.3 Å². The number of amides is 1. The standard InChI is InChI=1S/C18H18FN3O3/c19-17-4-2-1-3-15(17)13-20-9-11-21(12-10-20)18(23)14-5-7-16(8-6-14)22(24)25/h1-8H,9-13H2/p+1. The van der Waals surface area contributed by atoms with Gasteiger partial charge in [-0.3, -0.25) is 14.9 Å². The molecule has 0 radical (unpaired) electrons. The molecule has 0 saturated carbocycles. The van der Waals surface area contributed by atoms with Crippen LogP contribution >= 0.6 is 0 Å². The number of hydrogen-bond acceptors (Lipinski definition) is 3. The first kappa shape index (κ1) is 17.0. The Kier molecular flexibility index (Phi) is 5.04. The van der Waals surface area contributed by atoms with Crippen LogP contribution < -0.4 is 4.90 Å². The normalized spacial score (nSPS) is 15.2. The SMILES string of the molecule is O=C(c1ccc([N+](=O)[O-])cc1)N1CC[NH+](Cc2ccccc2F)CC1. The van der Waals surface area contributed by atoms with E-state index in [1.807, 2.05) is 6.07 Å². The molecule has 1 fully saturated rings. The van der Waals surface area contributed by atoms with Gasteiger partial charge >= 0.3 is 0 Å². The van der Waals surface area contributed by atoms with Crippen molar-refractivity contribution < 1.29 is 19.0 Å². The van der Waals surface area contributed by atoms with Crippen molar-refractivity contribution in [3.05, 3.63) is 75.6 Å².